The van der Waals surface area contributed by atoms with E-state index in [1.54, 1.807) is 24.3 Å². The number of aliphatic hydroxyl groups excluding tert-OH is 1. The normalized spacial score (nSPS) is 13.6. The van der Waals surface area contributed by atoms with Gasteiger partial charge in [-0.05, 0) is 16.3 Å². The molecule has 0 amide bonds. The lowest BCUT2D eigenvalue weighted by atomic mass is 9.97. The molecular weight excluding hydrogens is 455 g/mol. The molecule has 2 heterocycles. The number of nitrogen functional groups attached to an aromatic ring is 2. The molecule has 2 aromatic carbocycles. The lowest BCUT2D eigenvalue weighted by Gasteiger charge is -2.34. The summed E-state index contributed by atoms with van der Waals surface area (Å²) in [5.41, 5.74) is 11.0. The molecular formula is C21H18F3N7O3. The van der Waals surface area contributed by atoms with Gasteiger partial charge in [0.05, 0.1) is 11.9 Å². The number of nitrogens with zero attached hydrogens (tertiary/aromatic N) is 5. The molecule has 6 N–H and O–H groups in total. The van der Waals surface area contributed by atoms with Crippen molar-refractivity contribution < 1.29 is 28.2 Å². The summed E-state index contributed by atoms with van der Waals surface area (Å²) in [7, 11) is 0. The Morgan fingerprint density at radius 2 is 1.74 bits per heavy atom. The van der Waals surface area contributed by atoms with Crippen LogP contribution >= 0.6 is 0 Å². The number of carboxylic acid groups (broad SMARTS) is 1. The summed E-state index contributed by atoms with van der Waals surface area (Å²) in [5, 5.41) is 20.2. The molecule has 34 heavy (non-hydrogen) atoms. The second-order valence-corrected chi connectivity index (χ2v) is 7.39. The van der Waals surface area contributed by atoms with Gasteiger partial charge in [-0.25, -0.2) is 9.78 Å². The Labute approximate surface area is 189 Å². The highest BCUT2D eigenvalue weighted by Gasteiger charge is 2.47. The summed E-state index contributed by atoms with van der Waals surface area (Å²) < 4.78 is 43.7. The number of aromatic nitrogens is 4. The Hall–Kier alpha value is -4.26. The van der Waals surface area contributed by atoms with Gasteiger partial charge < -0.3 is 26.6 Å². The molecule has 0 radical (unpaired) electrons. The van der Waals surface area contributed by atoms with Crippen molar-refractivity contribution in [2.24, 2.45) is 0 Å². The molecule has 0 aliphatic carbocycles. The fraction of sp³-hybridized carbons (Fsp3) is 0.190. The van der Waals surface area contributed by atoms with Gasteiger partial charge in [0.25, 0.3) is 0 Å². The monoisotopic (exact) mass is 473 g/mol. The first-order chi connectivity index (χ1) is 16.1. The van der Waals surface area contributed by atoms with Crippen LogP contribution in [0, 0.1) is 0 Å². The third kappa shape index (κ3) is 4.32. The topological polar surface area (TPSA) is 164 Å². The molecule has 4 rings (SSSR count). The van der Waals surface area contributed by atoms with Gasteiger partial charge in [-0.3, -0.25) is 0 Å². The van der Waals surface area contributed by atoms with Crippen LogP contribution in [0.15, 0.2) is 48.7 Å². The van der Waals surface area contributed by atoms with E-state index in [1.165, 1.54) is 18.2 Å². The van der Waals surface area contributed by atoms with Crippen LogP contribution < -0.4 is 16.4 Å². The molecule has 0 saturated heterocycles. The van der Waals surface area contributed by atoms with Gasteiger partial charge in [0.15, 0.2) is 17.8 Å². The zero-order valence-electron chi connectivity index (χ0n) is 17.3. The molecule has 2 unspecified atom stereocenters. The Balaban J connectivity index is 1.96. The maximum atomic E-state index is 14.6. The Kier molecular flexibility index (Phi) is 5.79. The standard InChI is InChI=1S/C21H18F3N7O3/c22-21(23,24)15(12-7-3-5-10-4-1-2-6-11(10)12)31(9-14(32)18(33)34)20-27-8-13-16(25)28-19(26)29-17(13)30-20/h1-8,14-15,32H,9H2,(H,33,34)(H4,25,26,27,28,29,30). The number of fused-ring (bicyclic) bond motifs is 2. The Morgan fingerprint density at radius 3 is 2.44 bits per heavy atom. The summed E-state index contributed by atoms with van der Waals surface area (Å²) >= 11 is 0. The van der Waals surface area contributed by atoms with Gasteiger partial charge in [0, 0.05) is 6.20 Å². The molecule has 10 nitrogen and oxygen atoms in total. The number of aliphatic carboxylic acids is 1. The molecule has 0 saturated carbocycles. The Morgan fingerprint density at radius 1 is 1.03 bits per heavy atom. The quantitative estimate of drug-likeness (QED) is 0.326. The van der Waals surface area contributed by atoms with Crippen molar-refractivity contribution in [3.05, 3.63) is 54.2 Å². The predicted octanol–water partition coefficient (Wildman–Crippen LogP) is 2.29. The number of aliphatic hydroxyl groups is 1. The van der Waals surface area contributed by atoms with Gasteiger partial charge >= 0.3 is 12.1 Å². The van der Waals surface area contributed by atoms with Crippen LogP contribution in [0.1, 0.15) is 11.6 Å². The van der Waals surface area contributed by atoms with Crippen molar-refractivity contribution in [1.82, 2.24) is 19.9 Å². The van der Waals surface area contributed by atoms with Gasteiger partial charge in [-0.15, -0.1) is 0 Å². The van der Waals surface area contributed by atoms with E-state index in [1.807, 2.05) is 0 Å². The van der Waals surface area contributed by atoms with Gasteiger partial charge in [0.2, 0.25) is 11.9 Å². The highest BCUT2D eigenvalue weighted by Crippen LogP contribution is 2.42. The van der Waals surface area contributed by atoms with E-state index in [0.717, 1.165) is 6.20 Å². The van der Waals surface area contributed by atoms with Crippen molar-refractivity contribution in [3.63, 3.8) is 0 Å². The van der Waals surface area contributed by atoms with E-state index in [-0.39, 0.29) is 28.4 Å². The van der Waals surface area contributed by atoms with E-state index in [2.05, 4.69) is 19.9 Å². The highest BCUT2D eigenvalue weighted by atomic mass is 19.4. The number of halogens is 3. The zero-order valence-corrected chi connectivity index (χ0v) is 17.3. The minimum absolute atomic E-state index is 0.0763. The number of benzene rings is 2. The number of nitrogens with two attached hydrogens (primary N) is 2. The molecule has 13 heteroatoms. The third-order valence-corrected chi connectivity index (χ3v) is 5.14. The van der Waals surface area contributed by atoms with Gasteiger partial charge in [0.1, 0.15) is 5.82 Å². The smallest absolute Gasteiger partial charge is 0.413 e. The van der Waals surface area contributed by atoms with Crippen molar-refractivity contribution in [1.29, 1.82) is 0 Å². The fourth-order valence-electron chi connectivity index (χ4n) is 3.66. The van der Waals surface area contributed by atoms with Crippen molar-refractivity contribution in [2.45, 2.75) is 18.3 Å². The number of carboxylic acids is 1. The van der Waals surface area contributed by atoms with Crippen molar-refractivity contribution in [2.75, 3.05) is 22.9 Å². The lowest BCUT2D eigenvalue weighted by molar-refractivity contribution is -0.155. The maximum absolute atomic E-state index is 14.6. The predicted molar refractivity (Wildman–Crippen MR) is 118 cm³/mol. The summed E-state index contributed by atoms with van der Waals surface area (Å²) in [6.45, 7) is -0.968. The first kappa shape index (κ1) is 22.9. The van der Waals surface area contributed by atoms with Gasteiger partial charge in [-0.1, -0.05) is 42.5 Å². The van der Waals surface area contributed by atoms with Crippen LogP contribution in [0.4, 0.5) is 30.9 Å². The van der Waals surface area contributed by atoms with E-state index in [9.17, 15) is 28.2 Å². The Bertz CT molecular complexity index is 1380. The lowest BCUT2D eigenvalue weighted by Crippen LogP contribution is -2.45. The number of carbonyl (C=O) groups is 1. The second-order valence-electron chi connectivity index (χ2n) is 7.39. The number of anilines is 3. The summed E-state index contributed by atoms with van der Waals surface area (Å²) in [4.78, 5) is 27.6. The van der Waals surface area contributed by atoms with Crippen molar-refractivity contribution >= 4 is 45.5 Å². The molecule has 176 valence electrons. The minimum atomic E-state index is -4.91. The maximum Gasteiger partial charge on any atom is 0.413 e. The number of alkyl halides is 3. The third-order valence-electron chi connectivity index (χ3n) is 5.14. The minimum Gasteiger partial charge on any atom is -0.479 e. The molecule has 2 aromatic heterocycles. The number of hydrogen-bond donors (Lipinski definition) is 4. The largest absolute Gasteiger partial charge is 0.479 e. The van der Waals surface area contributed by atoms with Crippen LogP contribution in [-0.2, 0) is 4.79 Å². The molecule has 0 bridgehead atoms. The molecule has 4 aromatic rings. The summed E-state index contributed by atoms with van der Waals surface area (Å²) in [5.74, 6) is -2.57. The first-order valence-corrected chi connectivity index (χ1v) is 9.84. The molecule has 0 aliphatic heterocycles. The molecule has 0 fully saturated rings. The SMILES string of the molecule is Nc1nc(N)c2cnc(N(CC(O)C(=O)O)C(c3cccc4ccccc34)C(F)(F)F)nc2n1. The van der Waals surface area contributed by atoms with Crippen molar-refractivity contribution in [3.8, 4) is 0 Å². The second kappa shape index (κ2) is 8.59. The van der Waals surface area contributed by atoms with Crippen LogP contribution in [0.25, 0.3) is 21.8 Å². The number of hydrogen-bond acceptors (Lipinski definition) is 9. The van der Waals surface area contributed by atoms with E-state index in [4.69, 9.17) is 11.5 Å². The van der Waals surface area contributed by atoms with Gasteiger partial charge in [-0.2, -0.15) is 28.1 Å². The fourth-order valence-corrected chi connectivity index (χ4v) is 3.66. The van der Waals surface area contributed by atoms with Crippen LogP contribution in [0.5, 0.6) is 0 Å². The molecule has 0 spiro atoms. The number of rotatable bonds is 6. The van der Waals surface area contributed by atoms with E-state index in [0.29, 0.717) is 15.7 Å². The highest BCUT2D eigenvalue weighted by molar-refractivity contribution is 5.87. The van der Waals surface area contributed by atoms with Crippen LogP contribution in [-0.4, -0.2) is 54.9 Å². The first-order valence-electron chi connectivity index (χ1n) is 9.84. The average molecular weight is 473 g/mol. The van der Waals surface area contributed by atoms with Crippen LogP contribution in [0.3, 0.4) is 0 Å². The molecule has 0 aliphatic rings. The average Bonchev–Trinajstić information content (AvgIpc) is 2.77. The summed E-state index contributed by atoms with van der Waals surface area (Å²) in [6, 6.07) is 8.42. The van der Waals surface area contributed by atoms with Crippen LogP contribution in [0.2, 0.25) is 0 Å². The van der Waals surface area contributed by atoms with E-state index >= 15 is 0 Å². The molecule has 2 atom stereocenters. The van der Waals surface area contributed by atoms with E-state index < -0.39 is 36.8 Å². The summed E-state index contributed by atoms with van der Waals surface area (Å²) in [6.07, 6.45) is -5.97. The zero-order chi connectivity index (χ0) is 24.6.